The quantitative estimate of drug-likeness (QED) is 0.327. The maximum atomic E-state index is 12.7. The number of piperazine rings is 1. The lowest BCUT2D eigenvalue weighted by Crippen LogP contribution is -2.49. The smallest absolute Gasteiger partial charge is 0.236 e. The average molecular weight is 529 g/mol. The van der Waals surface area contributed by atoms with Crippen LogP contribution in [0.3, 0.4) is 0 Å². The fourth-order valence-corrected chi connectivity index (χ4v) is 6.01. The van der Waals surface area contributed by atoms with Crippen molar-refractivity contribution >= 4 is 45.7 Å². The second-order valence-corrected chi connectivity index (χ2v) is 10.7. The Hall–Kier alpha value is -3.62. The van der Waals surface area contributed by atoms with Crippen LogP contribution in [0.5, 0.6) is 0 Å². The van der Waals surface area contributed by atoms with E-state index in [1.54, 1.807) is 0 Å². The molecule has 4 aromatic rings. The molecule has 2 heterocycles. The Balaban J connectivity index is 1.14. The lowest BCUT2D eigenvalue weighted by atomic mass is 10.1. The van der Waals surface area contributed by atoms with Gasteiger partial charge in [0.05, 0.1) is 22.1 Å². The second kappa shape index (κ2) is 12.1. The van der Waals surface area contributed by atoms with E-state index in [-0.39, 0.29) is 17.6 Å². The number of nitrogens with one attached hydrogen (secondary N) is 1. The molecule has 0 bridgehead atoms. The molecule has 1 fully saturated rings. The topological polar surface area (TPSA) is 65.5 Å². The van der Waals surface area contributed by atoms with Crippen LogP contribution in [0.15, 0.2) is 91.0 Å². The molecule has 37 heavy (non-hydrogen) atoms. The molecule has 188 valence electrons. The van der Waals surface area contributed by atoms with Crippen LogP contribution in [0, 0.1) is 0 Å². The van der Waals surface area contributed by atoms with E-state index in [9.17, 15) is 9.59 Å². The fourth-order valence-electron chi connectivity index (χ4n) is 4.28. The van der Waals surface area contributed by atoms with Crippen molar-refractivity contribution in [3.63, 3.8) is 0 Å². The number of anilines is 2. The molecule has 2 amide bonds. The third-order valence-corrected chi connectivity index (χ3v) is 8.11. The summed E-state index contributed by atoms with van der Waals surface area (Å²) in [6.07, 6.45) is 0. The summed E-state index contributed by atoms with van der Waals surface area (Å²) < 4.78 is 0. The molecule has 3 aromatic carbocycles. The lowest BCUT2D eigenvalue weighted by Gasteiger charge is -2.36. The molecule has 1 N–H and O–H groups in total. The number of nitrogens with zero attached hydrogens (tertiary/aromatic N) is 3. The van der Waals surface area contributed by atoms with Crippen molar-refractivity contribution in [2.75, 3.05) is 47.9 Å². The molecule has 0 atom stereocenters. The van der Waals surface area contributed by atoms with Gasteiger partial charge < -0.3 is 15.1 Å². The number of aromatic nitrogens is 1. The molecule has 1 saturated heterocycles. The van der Waals surface area contributed by atoms with Crippen molar-refractivity contribution in [1.29, 1.82) is 0 Å². The molecule has 1 aliphatic rings. The van der Waals surface area contributed by atoms with Crippen molar-refractivity contribution in [2.24, 2.45) is 0 Å². The van der Waals surface area contributed by atoms with Gasteiger partial charge >= 0.3 is 0 Å². The Morgan fingerprint density at radius 2 is 1.38 bits per heavy atom. The Morgan fingerprint density at radius 3 is 2.03 bits per heavy atom. The minimum Gasteiger partial charge on any atom is -0.368 e. The minimum atomic E-state index is -0.153. The zero-order valence-electron chi connectivity index (χ0n) is 20.4. The largest absolute Gasteiger partial charge is 0.368 e. The van der Waals surface area contributed by atoms with Gasteiger partial charge in [-0.05, 0) is 17.7 Å². The number of carbonyl (C=O) groups excluding carboxylic acids is 2. The summed E-state index contributed by atoms with van der Waals surface area (Å²) in [5.41, 5.74) is 4.11. The maximum Gasteiger partial charge on any atom is 0.236 e. The Bertz CT molecular complexity index is 1270. The van der Waals surface area contributed by atoms with Gasteiger partial charge in [0.25, 0.3) is 0 Å². The number of amides is 2. The van der Waals surface area contributed by atoms with Gasteiger partial charge in [0.1, 0.15) is 0 Å². The summed E-state index contributed by atoms with van der Waals surface area (Å²) in [4.78, 5) is 35.3. The molecule has 1 aliphatic heterocycles. The van der Waals surface area contributed by atoms with E-state index in [4.69, 9.17) is 4.98 Å². The van der Waals surface area contributed by atoms with Crippen LogP contribution in [0.1, 0.15) is 0 Å². The number of benzene rings is 3. The first-order valence-electron chi connectivity index (χ1n) is 12.2. The summed E-state index contributed by atoms with van der Waals surface area (Å²) >= 11 is 2.81. The molecular weight excluding hydrogens is 500 g/mol. The standard InChI is InChI=1S/C29H28N4O2S2/c34-25(20-36-21-26(35)33-18-16-32(17-19-33)24-14-8-3-9-15-24)30-29-31-27(22-10-4-1-5-11-22)28(37-29)23-12-6-2-7-13-23/h1-15H,16-21H2,(H,30,31,34). The van der Waals surface area contributed by atoms with E-state index in [2.05, 4.69) is 22.3 Å². The van der Waals surface area contributed by atoms with Crippen LogP contribution >= 0.6 is 23.1 Å². The van der Waals surface area contributed by atoms with Crippen LogP contribution in [0.25, 0.3) is 21.7 Å². The first-order chi connectivity index (χ1) is 18.2. The maximum absolute atomic E-state index is 12.7. The van der Waals surface area contributed by atoms with Crippen LogP contribution < -0.4 is 10.2 Å². The molecule has 8 heteroatoms. The molecule has 5 rings (SSSR count). The molecule has 0 saturated carbocycles. The van der Waals surface area contributed by atoms with E-state index in [1.165, 1.54) is 28.8 Å². The van der Waals surface area contributed by atoms with Crippen molar-refractivity contribution < 1.29 is 9.59 Å². The van der Waals surface area contributed by atoms with Crippen molar-refractivity contribution in [3.05, 3.63) is 91.0 Å². The van der Waals surface area contributed by atoms with Crippen LogP contribution in [0.4, 0.5) is 10.8 Å². The monoisotopic (exact) mass is 528 g/mol. The third-order valence-electron chi connectivity index (χ3n) is 6.17. The number of para-hydroxylation sites is 1. The molecule has 0 radical (unpaired) electrons. The van der Waals surface area contributed by atoms with Crippen LogP contribution in [-0.4, -0.2) is 59.4 Å². The predicted octanol–water partition coefficient (Wildman–Crippen LogP) is 5.50. The molecule has 0 aliphatic carbocycles. The van der Waals surface area contributed by atoms with E-state index in [1.807, 2.05) is 83.8 Å². The lowest BCUT2D eigenvalue weighted by molar-refractivity contribution is -0.128. The van der Waals surface area contributed by atoms with Crippen LogP contribution in [0.2, 0.25) is 0 Å². The van der Waals surface area contributed by atoms with Gasteiger partial charge in [0.2, 0.25) is 11.8 Å². The normalized spacial score (nSPS) is 13.4. The van der Waals surface area contributed by atoms with Gasteiger partial charge in [0, 0.05) is 37.4 Å². The van der Waals surface area contributed by atoms with Gasteiger partial charge in [-0.25, -0.2) is 4.98 Å². The first kappa shape index (κ1) is 25.0. The summed E-state index contributed by atoms with van der Waals surface area (Å²) in [5, 5.41) is 3.50. The molecule has 0 unspecified atom stereocenters. The molecular formula is C29H28N4O2S2. The van der Waals surface area contributed by atoms with Crippen molar-refractivity contribution in [3.8, 4) is 21.7 Å². The summed E-state index contributed by atoms with van der Waals surface area (Å²) in [5.74, 6) is 0.426. The Kier molecular flexibility index (Phi) is 8.18. The average Bonchev–Trinajstić information content (AvgIpc) is 3.38. The fraction of sp³-hybridized carbons (Fsp3) is 0.207. The molecule has 6 nitrogen and oxygen atoms in total. The molecule has 1 aromatic heterocycles. The molecule has 0 spiro atoms. The highest BCUT2D eigenvalue weighted by molar-refractivity contribution is 8.00. The van der Waals surface area contributed by atoms with Crippen molar-refractivity contribution in [1.82, 2.24) is 9.88 Å². The SMILES string of the molecule is O=C(CSCC(=O)N1CCN(c2ccccc2)CC1)Nc1nc(-c2ccccc2)c(-c2ccccc2)s1. The van der Waals surface area contributed by atoms with Crippen LogP contribution in [-0.2, 0) is 9.59 Å². The van der Waals surface area contributed by atoms with Gasteiger partial charge in [-0.1, -0.05) is 90.2 Å². The Morgan fingerprint density at radius 1 is 0.784 bits per heavy atom. The predicted molar refractivity (Wildman–Crippen MR) is 154 cm³/mol. The number of carbonyl (C=O) groups is 2. The van der Waals surface area contributed by atoms with E-state index in [0.29, 0.717) is 24.0 Å². The van der Waals surface area contributed by atoms with E-state index < -0.39 is 0 Å². The number of thiazole rings is 1. The van der Waals surface area contributed by atoms with Gasteiger partial charge in [-0.3, -0.25) is 9.59 Å². The highest BCUT2D eigenvalue weighted by atomic mass is 32.2. The number of rotatable bonds is 8. The number of hydrogen-bond acceptors (Lipinski definition) is 6. The minimum absolute atomic E-state index is 0.0810. The Labute approximate surface area is 225 Å². The van der Waals surface area contributed by atoms with E-state index >= 15 is 0 Å². The highest BCUT2D eigenvalue weighted by Gasteiger charge is 2.22. The zero-order chi connectivity index (χ0) is 25.5. The van der Waals surface area contributed by atoms with Gasteiger partial charge in [0.15, 0.2) is 5.13 Å². The summed E-state index contributed by atoms with van der Waals surface area (Å²) in [6, 6.07) is 30.3. The summed E-state index contributed by atoms with van der Waals surface area (Å²) in [6.45, 7) is 3.03. The van der Waals surface area contributed by atoms with E-state index in [0.717, 1.165) is 34.8 Å². The first-order valence-corrected chi connectivity index (χ1v) is 14.2. The summed E-state index contributed by atoms with van der Waals surface area (Å²) in [7, 11) is 0. The highest BCUT2D eigenvalue weighted by Crippen LogP contribution is 2.38. The van der Waals surface area contributed by atoms with Crippen molar-refractivity contribution in [2.45, 2.75) is 0 Å². The number of thioether (sulfide) groups is 1. The van der Waals surface area contributed by atoms with Gasteiger partial charge in [-0.2, -0.15) is 0 Å². The second-order valence-electron chi connectivity index (χ2n) is 8.67. The third kappa shape index (κ3) is 6.39. The zero-order valence-corrected chi connectivity index (χ0v) is 22.0. The number of hydrogen-bond donors (Lipinski definition) is 1. The van der Waals surface area contributed by atoms with Gasteiger partial charge in [-0.15, -0.1) is 11.8 Å².